The molecule has 1 aliphatic heterocycles. The molecule has 2 rings (SSSR count). The Kier molecular flexibility index (Phi) is 4.54. The van der Waals surface area contributed by atoms with Crippen molar-refractivity contribution in [2.24, 2.45) is 0 Å². The topological polar surface area (TPSA) is 66.6 Å². The van der Waals surface area contributed by atoms with Crippen molar-refractivity contribution >= 4 is 29.1 Å². The average molecular weight is 303 g/mol. The smallest absolute Gasteiger partial charge is 0.312 e. The SMILES string of the molecule is CN1CCC(Sc2ccc([N+](=O)[O-])c(O)c2Cl)CC1. The highest BCUT2D eigenvalue weighted by Crippen LogP contribution is 2.42. The second-order valence-corrected chi connectivity index (χ2v) is 6.34. The molecule has 1 aromatic carbocycles. The highest BCUT2D eigenvalue weighted by atomic mass is 35.5. The summed E-state index contributed by atoms with van der Waals surface area (Å²) in [7, 11) is 2.09. The highest BCUT2D eigenvalue weighted by Gasteiger charge is 2.23. The van der Waals surface area contributed by atoms with E-state index in [1.807, 2.05) is 0 Å². The number of phenols is 1. The number of nitrogens with zero attached hydrogens (tertiary/aromatic N) is 2. The van der Waals surface area contributed by atoms with Crippen LogP contribution in [0.2, 0.25) is 5.02 Å². The summed E-state index contributed by atoms with van der Waals surface area (Å²) < 4.78 is 0. The third-order valence-corrected chi connectivity index (χ3v) is 5.11. The van der Waals surface area contributed by atoms with E-state index in [4.69, 9.17) is 11.6 Å². The maximum atomic E-state index is 10.7. The molecule has 1 heterocycles. The minimum Gasteiger partial charge on any atom is -0.501 e. The summed E-state index contributed by atoms with van der Waals surface area (Å²) in [5, 5.41) is 20.9. The van der Waals surface area contributed by atoms with Crippen LogP contribution in [0.5, 0.6) is 5.75 Å². The number of aromatic hydroxyl groups is 1. The van der Waals surface area contributed by atoms with Crippen LogP contribution in [0.4, 0.5) is 5.69 Å². The summed E-state index contributed by atoms with van der Waals surface area (Å²) in [5.74, 6) is -0.440. The fourth-order valence-electron chi connectivity index (χ4n) is 2.06. The van der Waals surface area contributed by atoms with Gasteiger partial charge in [0.05, 0.1) is 4.92 Å². The maximum Gasteiger partial charge on any atom is 0.312 e. The Morgan fingerprint density at radius 2 is 2.11 bits per heavy atom. The van der Waals surface area contributed by atoms with E-state index in [0.717, 1.165) is 25.9 Å². The van der Waals surface area contributed by atoms with E-state index in [9.17, 15) is 15.2 Å². The zero-order valence-electron chi connectivity index (χ0n) is 10.5. The van der Waals surface area contributed by atoms with Gasteiger partial charge < -0.3 is 10.0 Å². The maximum absolute atomic E-state index is 10.7. The molecular weight excluding hydrogens is 288 g/mol. The number of nitro benzene ring substituents is 1. The van der Waals surface area contributed by atoms with E-state index in [-0.39, 0.29) is 10.7 Å². The molecule has 19 heavy (non-hydrogen) atoms. The molecule has 7 heteroatoms. The third kappa shape index (κ3) is 3.32. The van der Waals surface area contributed by atoms with Crippen molar-refractivity contribution in [3.05, 3.63) is 27.3 Å². The number of nitro groups is 1. The Labute approximate surface area is 120 Å². The predicted molar refractivity (Wildman–Crippen MR) is 76.1 cm³/mol. The molecule has 0 atom stereocenters. The van der Waals surface area contributed by atoms with E-state index >= 15 is 0 Å². The average Bonchev–Trinajstić information content (AvgIpc) is 2.37. The number of halogens is 1. The van der Waals surface area contributed by atoms with Gasteiger partial charge in [-0.2, -0.15) is 0 Å². The predicted octanol–water partition coefficient (Wildman–Crippen LogP) is 3.14. The van der Waals surface area contributed by atoms with Gasteiger partial charge >= 0.3 is 5.69 Å². The number of rotatable bonds is 3. The van der Waals surface area contributed by atoms with Gasteiger partial charge in [-0.1, -0.05) is 11.6 Å². The van der Waals surface area contributed by atoms with E-state index in [1.54, 1.807) is 17.8 Å². The van der Waals surface area contributed by atoms with Crippen LogP contribution in [0, 0.1) is 10.1 Å². The lowest BCUT2D eigenvalue weighted by Crippen LogP contribution is -2.31. The first kappa shape index (κ1) is 14.4. The Bertz CT molecular complexity index is 490. The highest BCUT2D eigenvalue weighted by molar-refractivity contribution is 8.00. The van der Waals surface area contributed by atoms with Crippen molar-refractivity contribution < 1.29 is 10.0 Å². The van der Waals surface area contributed by atoms with Crippen LogP contribution in [0.3, 0.4) is 0 Å². The van der Waals surface area contributed by atoms with Gasteiger partial charge in [0.15, 0.2) is 0 Å². The summed E-state index contributed by atoms with van der Waals surface area (Å²) in [6.45, 7) is 2.07. The normalized spacial score (nSPS) is 17.6. The molecule has 0 spiro atoms. The van der Waals surface area contributed by atoms with Crippen molar-refractivity contribution in [1.29, 1.82) is 0 Å². The second kappa shape index (κ2) is 5.98. The molecule has 0 aliphatic carbocycles. The van der Waals surface area contributed by atoms with Gasteiger partial charge in [-0.05, 0) is 39.0 Å². The minimum atomic E-state index is -0.634. The van der Waals surface area contributed by atoms with Crippen LogP contribution < -0.4 is 0 Å². The number of phenolic OH excluding ortho intramolecular Hbond substituents is 1. The van der Waals surface area contributed by atoms with Gasteiger partial charge in [-0.15, -0.1) is 11.8 Å². The number of benzene rings is 1. The lowest BCUT2D eigenvalue weighted by atomic mass is 10.1. The fourth-order valence-corrected chi connectivity index (χ4v) is 3.50. The van der Waals surface area contributed by atoms with Crippen molar-refractivity contribution in [2.45, 2.75) is 23.0 Å². The Hall–Kier alpha value is -0.980. The van der Waals surface area contributed by atoms with E-state index in [0.29, 0.717) is 10.1 Å². The first-order valence-electron chi connectivity index (χ1n) is 6.00. The summed E-state index contributed by atoms with van der Waals surface area (Å²) in [5.41, 5.74) is -0.349. The van der Waals surface area contributed by atoms with Gasteiger partial charge in [0.2, 0.25) is 5.75 Å². The lowest BCUT2D eigenvalue weighted by molar-refractivity contribution is -0.385. The number of hydrogen-bond donors (Lipinski definition) is 1. The lowest BCUT2D eigenvalue weighted by Gasteiger charge is -2.28. The fraction of sp³-hybridized carbons (Fsp3) is 0.500. The molecule has 1 N–H and O–H groups in total. The zero-order valence-corrected chi connectivity index (χ0v) is 12.1. The van der Waals surface area contributed by atoms with E-state index in [2.05, 4.69) is 11.9 Å². The first-order valence-corrected chi connectivity index (χ1v) is 7.26. The first-order chi connectivity index (χ1) is 8.99. The summed E-state index contributed by atoms with van der Waals surface area (Å²) >= 11 is 7.59. The number of hydrogen-bond acceptors (Lipinski definition) is 5. The van der Waals surface area contributed by atoms with Crippen LogP contribution in [0.1, 0.15) is 12.8 Å². The largest absolute Gasteiger partial charge is 0.501 e. The molecule has 5 nitrogen and oxygen atoms in total. The van der Waals surface area contributed by atoms with E-state index < -0.39 is 10.7 Å². The molecule has 1 fully saturated rings. The third-order valence-electron chi connectivity index (χ3n) is 3.22. The molecule has 0 aromatic heterocycles. The Morgan fingerprint density at radius 1 is 1.47 bits per heavy atom. The molecule has 1 aromatic rings. The number of likely N-dealkylation sites (tertiary alicyclic amines) is 1. The van der Waals surface area contributed by atoms with Crippen molar-refractivity contribution in [2.75, 3.05) is 20.1 Å². The van der Waals surface area contributed by atoms with Gasteiger partial charge in [0.1, 0.15) is 5.02 Å². The van der Waals surface area contributed by atoms with Gasteiger partial charge in [-0.25, -0.2) is 0 Å². The standard InChI is InChI=1S/C12H15ClN2O3S/c1-14-6-4-8(5-7-14)19-10-3-2-9(15(17)18)12(16)11(10)13/h2-3,8,16H,4-7H2,1H3. The number of thioether (sulfide) groups is 1. The van der Waals surface area contributed by atoms with Crippen LogP contribution in [-0.4, -0.2) is 40.3 Å². The van der Waals surface area contributed by atoms with Crippen LogP contribution in [0.15, 0.2) is 17.0 Å². The zero-order chi connectivity index (χ0) is 14.0. The molecule has 0 unspecified atom stereocenters. The molecule has 1 saturated heterocycles. The van der Waals surface area contributed by atoms with Crippen molar-refractivity contribution in [3.63, 3.8) is 0 Å². The van der Waals surface area contributed by atoms with Crippen LogP contribution in [0.25, 0.3) is 0 Å². The van der Waals surface area contributed by atoms with Gasteiger partial charge in [0.25, 0.3) is 0 Å². The molecule has 104 valence electrons. The molecule has 0 amide bonds. The van der Waals surface area contributed by atoms with Gasteiger partial charge in [0, 0.05) is 16.2 Å². The minimum absolute atomic E-state index is 0.0816. The number of piperidine rings is 1. The second-order valence-electron chi connectivity index (χ2n) is 4.62. The molecule has 0 radical (unpaired) electrons. The Morgan fingerprint density at radius 3 is 2.68 bits per heavy atom. The van der Waals surface area contributed by atoms with Gasteiger partial charge in [-0.3, -0.25) is 10.1 Å². The molecule has 0 saturated carbocycles. The molecule has 0 bridgehead atoms. The summed E-state index contributed by atoms with van der Waals surface area (Å²) in [4.78, 5) is 13.0. The quantitative estimate of drug-likeness (QED) is 0.686. The van der Waals surface area contributed by atoms with Crippen molar-refractivity contribution in [3.8, 4) is 5.75 Å². The molecule has 1 aliphatic rings. The Balaban J connectivity index is 2.13. The van der Waals surface area contributed by atoms with E-state index in [1.165, 1.54) is 6.07 Å². The van der Waals surface area contributed by atoms with Crippen molar-refractivity contribution in [1.82, 2.24) is 4.90 Å². The monoisotopic (exact) mass is 302 g/mol. The van der Waals surface area contributed by atoms with Crippen LogP contribution in [-0.2, 0) is 0 Å². The van der Waals surface area contributed by atoms with Crippen LogP contribution >= 0.6 is 23.4 Å². The molecular formula is C12H15ClN2O3S. The summed E-state index contributed by atoms with van der Waals surface area (Å²) in [6.07, 6.45) is 2.10. The summed E-state index contributed by atoms with van der Waals surface area (Å²) in [6, 6.07) is 2.92.